The van der Waals surface area contributed by atoms with Crippen molar-refractivity contribution in [3.05, 3.63) is 53.5 Å². The molecular formula is C15H17FN2O. The molecule has 3 nitrogen and oxygen atoms in total. The number of ether oxygens (including phenoxy) is 1. The molecule has 0 spiro atoms. The van der Waals surface area contributed by atoms with E-state index in [1.807, 2.05) is 19.1 Å². The molecule has 0 bridgehead atoms. The first-order valence-corrected chi connectivity index (χ1v) is 6.27. The lowest BCUT2D eigenvalue weighted by molar-refractivity contribution is 0.304. The summed E-state index contributed by atoms with van der Waals surface area (Å²) >= 11 is 0. The number of nitrogens with one attached hydrogen (secondary N) is 1. The molecule has 1 aromatic heterocycles. The second-order valence-electron chi connectivity index (χ2n) is 4.24. The summed E-state index contributed by atoms with van der Waals surface area (Å²) in [6, 6.07) is 8.67. The number of aromatic nitrogens is 1. The second kappa shape index (κ2) is 6.18. The van der Waals surface area contributed by atoms with Crippen molar-refractivity contribution >= 4 is 5.82 Å². The van der Waals surface area contributed by atoms with E-state index in [1.54, 1.807) is 25.3 Å². The number of hydrogen-bond acceptors (Lipinski definition) is 3. The van der Waals surface area contributed by atoms with Crippen LogP contribution in [0.2, 0.25) is 0 Å². The fourth-order valence-corrected chi connectivity index (χ4v) is 1.71. The van der Waals surface area contributed by atoms with Crippen molar-refractivity contribution in [2.24, 2.45) is 0 Å². The van der Waals surface area contributed by atoms with Gasteiger partial charge in [0.2, 0.25) is 0 Å². The summed E-state index contributed by atoms with van der Waals surface area (Å²) < 4.78 is 19.0. The highest BCUT2D eigenvalue weighted by Gasteiger charge is 2.04. The molecule has 4 heteroatoms. The summed E-state index contributed by atoms with van der Waals surface area (Å²) in [5.74, 6) is 1.07. The van der Waals surface area contributed by atoms with E-state index in [1.165, 1.54) is 6.07 Å². The average Bonchev–Trinajstić information content (AvgIpc) is 2.42. The Labute approximate surface area is 112 Å². The van der Waals surface area contributed by atoms with Crippen molar-refractivity contribution < 1.29 is 9.13 Å². The zero-order chi connectivity index (χ0) is 13.7. The van der Waals surface area contributed by atoms with E-state index in [0.29, 0.717) is 17.9 Å². The molecule has 1 N–H and O–H groups in total. The molecular weight excluding hydrogens is 243 g/mol. The number of rotatable bonds is 5. The fraction of sp³-hybridized carbons (Fsp3) is 0.267. The van der Waals surface area contributed by atoms with Gasteiger partial charge in [0.1, 0.15) is 24.0 Å². The van der Waals surface area contributed by atoms with Crippen molar-refractivity contribution in [3.8, 4) is 5.75 Å². The molecule has 0 radical (unpaired) electrons. The van der Waals surface area contributed by atoms with Gasteiger partial charge < -0.3 is 10.1 Å². The molecule has 1 heterocycles. The van der Waals surface area contributed by atoms with Gasteiger partial charge in [-0.1, -0.05) is 12.1 Å². The quantitative estimate of drug-likeness (QED) is 0.892. The molecule has 0 unspecified atom stereocenters. The van der Waals surface area contributed by atoms with Gasteiger partial charge in [-0.25, -0.2) is 9.37 Å². The van der Waals surface area contributed by atoms with Crippen LogP contribution < -0.4 is 10.1 Å². The molecule has 0 atom stereocenters. The second-order valence-corrected chi connectivity index (χ2v) is 4.24. The Bertz CT molecular complexity index is 558. The van der Waals surface area contributed by atoms with Crippen LogP contribution in [0.3, 0.4) is 0 Å². The smallest absolute Gasteiger partial charge is 0.132 e. The van der Waals surface area contributed by atoms with E-state index in [-0.39, 0.29) is 5.82 Å². The zero-order valence-electron chi connectivity index (χ0n) is 11.1. The summed E-state index contributed by atoms with van der Waals surface area (Å²) in [6.45, 7) is 4.89. The minimum atomic E-state index is -0.254. The number of aryl methyl sites for hydroxylation is 1. The van der Waals surface area contributed by atoms with E-state index in [9.17, 15) is 4.39 Å². The maximum Gasteiger partial charge on any atom is 0.132 e. The molecule has 19 heavy (non-hydrogen) atoms. The lowest BCUT2D eigenvalue weighted by Gasteiger charge is -2.11. The van der Waals surface area contributed by atoms with Crippen LogP contribution in [0.15, 0.2) is 36.5 Å². The summed E-state index contributed by atoms with van der Waals surface area (Å²) in [4.78, 5) is 4.25. The molecule has 2 aromatic rings. The third-order valence-electron chi connectivity index (χ3n) is 2.77. The molecule has 0 amide bonds. The first kappa shape index (κ1) is 13.3. The van der Waals surface area contributed by atoms with Gasteiger partial charge in [-0.05, 0) is 31.5 Å². The van der Waals surface area contributed by atoms with Gasteiger partial charge in [-0.15, -0.1) is 0 Å². The standard InChI is InChI=1S/C15H17FN2O/c1-3-17-15-12(5-4-8-18-15)10-19-13-7-6-11(2)14(16)9-13/h4-9H,3,10H2,1-2H3,(H,17,18). The van der Waals surface area contributed by atoms with Crippen LogP contribution in [-0.4, -0.2) is 11.5 Å². The SMILES string of the molecule is CCNc1ncccc1COc1ccc(C)c(F)c1. The highest BCUT2D eigenvalue weighted by atomic mass is 19.1. The van der Waals surface area contributed by atoms with Crippen LogP contribution in [0.25, 0.3) is 0 Å². The zero-order valence-corrected chi connectivity index (χ0v) is 11.1. The minimum Gasteiger partial charge on any atom is -0.489 e. The van der Waals surface area contributed by atoms with Gasteiger partial charge in [0.15, 0.2) is 0 Å². The third-order valence-corrected chi connectivity index (χ3v) is 2.77. The van der Waals surface area contributed by atoms with Crippen molar-refractivity contribution in [2.75, 3.05) is 11.9 Å². The van der Waals surface area contributed by atoms with E-state index in [4.69, 9.17) is 4.74 Å². The van der Waals surface area contributed by atoms with E-state index in [2.05, 4.69) is 10.3 Å². The fourth-order valence-electron chi connectivity index (χ4n) is 1.71. The maximum atomic E-state index is 13.4. The molecule has 0 aliphatic carbocycles. The number of pyridine rings is 1. The molecule has 0 saturated carbocycles. The largest absolute Gasteiger partial charge is 0.489 e. The average molecular weight is 260 g/mol. The molecule has 2 rings (SSSR count). The molecule has 0 aliphatic rings. The monoisotopic (exact) mass is 260 g/mol. The van der Waals surface area contributed by atoms with Crippen LogP contribution in [0.5, 0.6) is 5.75 Å². The highest BCUT2D eigenvalue weighted by Crippen LogP contribution is 2.19. The Morgan fingerprint density at radius 3 is 2.89 bits per heavy atom. The lowest BCUT2D eigenvalue weighted by Crippen LogP contribution is -2.05. The Morgan fingerprint density at radius 1 is 1.32 bits per heavy atom. The minimum absolute atomic E-state index is 0.254. The Kier molecular flexibility index (Phi) is 4.34. The Hall–Kier alpha value is -2.10. The first-order chi connectivity index (χ1) is 9.20. The first-order valence-electron chi connectivity index (χ1n) is 6.27. The third kappa shape index (κ3) is 3.44. The number of halogens is 1. The van der Waals surface area contributed by atoms with Gasteiger partial charge in [-0.2, -0.15) is 0 Å². The van der Waals surface area contributed by atoms with Crippen LogP contribution in [0, 0.1) is 12.7 Å². The van der Waals surface area contributed by atoms with Crippen molar-refractivity contribution in [2.45, 2.75) is 20.5 Å². The Balaban J connectivity index is 2.07. The Morgan fingerprint density at radius 2 is 2.16 bits per heavy atom. The van der Waals surface area contributed by atoms with E-state index in [0.717, 1.165) is 17.9 Å². The molecule has 0 saturated heterocycles. The van der Waals surface area contributed by atoms with Gasteiger partial charge in [0.05, 0.1) is 0 Å². The summed E-state index contributed by atoms with van der Waals surface area (Å²) in [5, 5.41) is 3.17. The van der Waals surface area contributed by atoms with Gasteiger partial charge in [-0.3, -0.25) is 0 Å². The molecule has 100 valence electrons. The van der Waals surface area contributed by atoms with Crippen molar-refractivity contribution in [3.63, 3.8) is 0 Å². The molecule has 0 aliphatic heterocycles. The summed E-state index contributed by atoms with van der Waals surface area (Å²) in [6.07, 6.45) is 1.73. The van der Waals surface area contributed by atoms with Crippen LogP contribution >= 0.6 is 0 Å². The maximum absolute atomic E-state index is 13.4. The van der Waals surface area contributed by atoms with Crippen LogP contribution in [0.1, 0.15) is 18.1 Å². The number of nitrogens with zero attached hydrogens (tertiary/aromatic N) is 1. The van der Waals surface area contributed by atoms with Crippen molar-refractivity contribution in [1.82, 2.24) is 4.98 Å². The van der Waals surface area contributed by atoms with Gasteiger partial charge in [0, 0.05) is 24.4 Å². The van der Waals surface area contributed by atoms with Crippen LogP contribution in [0.4, 0.5) is 10.2 Å². The topological polar surface area (TPSA) is 34.2 Å². The van der Waals surface area contributed by atoms with E-state index >= 15 is 0 Å². The lowest BCUT2D eigenvalue weighted by atomic mass is 10.2. The van der Waals surface area contributed by atoms with Crippen molar-refractivity contribution in [1.29, 1.82) is 0 Å². The molecule has 1 aromatic carbocycles. The highest BCUT2D eigenvalue weighted by molar-refractivity contribution is 5.43. The summed E-state index contributed by atoms with van der Waals surface area (Å²) in [7, 11) is 0. The van der Waals surface area contributed by atoms with Gasteiger partial charge in [0.25, 0.3) is 0 Å². The predicted molar refractivity (Wildman–Crippen MR) is 73.9 cm³/mol. The molecule has 0 fully saturated rings. The summed E-state index contributed by atoms with van der Waals surface area (Å²) in [5.41, 5.74) is 1.56. The number of hydrogen-bond donors (Lipinski definition) is 1. The van der Waals surface area contributed by atoms with E-state index < -0.39 is 0 Å². The van der Waals surface area contributed by atoms with Crippen LogP contribution in [-0.2, 0) is 6.61 Å². The number of benzene rings is 1. The normalized spacial score (nSPS) is 10.3. The van der Waals surface area contributed by atoms with Gasteiger partial charge >= 0.3 is 0 Å². The number of anilines is 1. The predicted octanol–water partition coefficient (Wildman–Crippen LogP) is 3.54.